The molecule has 1 fully saturated rings. The van der Waals surface area contributed by atoms with Crippen LogP contribution in [0.2, 0.25) is 0 Å². The molecule has 1 atom stereocenters. The molecule has 1 aliphatic rings. The van der Waals surface area contributed by atoms with E-state index >= 15 is 0 Å². The zero-order valence-electron chi connectivity index (χ0n) is 11.2. The van der Waals surface area contributed by atoms with E-state index in [0.29, 0.717) is 5.92 Å². The number of carbonyl (C=O) groups is 2. The predicted molar refractivity (Wildman–Crippen MR) is 70.9 cm³/mol. The van der Waals surface area contributed by atoms with Gasteiger partial charge in [-0.15, -0.1) is 0 Å². The van der Waals surface area contributed by atoms with Gasteiger partial charge in [0.2, 0.25) is 11.8 Å². The molecule has 104 valence electrons. The van der Waals surface area contributed by atoms with E-state index in [9.17, 15) is 9.59 Å². The van der Waals surface area contributed by atoms with Gasteiger partial charge in [0.05, 0.1) is 13.1 Å². The molecule has 0 aromatic carbocycles. The topological polar surface area (TPSA) is 84.2 Å². The number of hydrogen-bond donors (Lipinski definition) is 3. The Kier molecular flexibility index (Phi) is 6.72. The highest BCUT2D eigenvalue weighted by atomic mass is 16.2. The number of unbranched alkanes of at least 4 members (excludes halogenated alkanes) is 1. The van der Waals surface area contributed by atoms with E-state index in [4.69, 9.17) is 5.73 Å². The third-order valence-electron chi connectivity index (χ3n) is 3.57. The quantitative estimate of drug-likeness (QED) is 0.592. The molecule has 0 aromatic heterocycles. The van der Waals surface area contributed by atoms with Gasteiger partial charge in [-0.05, 0) is 25.2 Å². The number of nitrogens with two attached hydrogens (primary N) is 1. The Labute approximate surface area is 109 Å². The first kappa shape index (κ1) is 15.0. The minimum absolute atomic E-state index is 0.0331. The number of hydrogen-bond acceptors (Lipinski definition) is 3. The van der Waals surface area contributed by atoms with Gasteiger partial charge in [0.25, 0.3) is 0 Å². The highest BCUT2D eigenvalue weighted by Gasteiger charge is 2.27. The molecular weight excluding hydrogens is 230 g/mol. The van der Waals surface area contributed by atoms with Crippen molar-refractivity contribution in [1.29, 1.82) is 0 Å². The summed E-state index contributed by atoms with van der Waals surface area (Å²) < 4.78 is 0. The van der Waals surface area contributed by atoms with Crippen molar-refractivity contribution in [2.75, 3.05) is 13.1 Å². The number of amides is 2. The lowest BCUT2D eigenvalue weighted by Gasteiger charge is -2.34. The van der Waals surface area contributed by atoms with E-state index in [1.807, 2.05) is 0 Å². The van der Waals surface area contributed by atoms with E-state index in [2.05, 4.69) is 17.6 Å². The summed E-state index contributed by atoms with van der Waals surface area (Å²) in [4.78, 5) is 22.7. The zero-order chi connectivity index (χ0) is 13.4. The summed E-state index contributed by atoms with van der Waals surface area (Å²) in [5, 5.41) is 5.53. The van der Waals surface area contributed by atoms with E-state index in [1.54, 1.807) is 0 Å². The van der Waals surface area contributed by atoms with Gasteiger partial charge in [-0.2, -0.15) is 0 Å². The van der Waals surface area contributed by atoms with Crippen LogP contribution < -0.4 is 16.4 Å². The molecule has 0 heterocycles. The smallest absolute Gasteiger partial charge is 0.239 e. The van der Waals surface area contributed by atoms with Crippen LogP contribution in [0, 0.1) is 5.92 Å². The molecular formula is C13H25N3O2. The van der Waals surface area contributed by atoms with Crippen molar-refractivity contribution in [2.45, 2.75) is 51.5 Å². The highest BCUT2D eigenvalue weighted by molar-refractivity contribution is 5.85. The molecule has 1 saturated carbocycles. The van der Waals surface area contributed by atoms with Crippen molar-refractivity contribution in [1.82, 2.24) is 10.6 Å². The lowest BCUT2D eigenvalue weighted by atomic mass is 9.78. The van der Waals surface area contributed by atoms with Crippen LogP contribution in [0.5, 0.6) is 0 Å². The molecule has 1 aliphatic carbocycles. The van der Waals surface area contributed by atoms with E-state index < -0.39 is 0 Å². The van der Waals surface area contributed by atoms with Crippen LogP contribution >= 0.6 is 0 Å². The maximum absolute atomic E-state index is 11.7. The van der Waals surface area contributed by atoms with Gasteiger partial charge in [0, 0.05) is 6.04 Å². The average Bonchev–Trinajstić information content (AvgIpc) is 2.30. The molecule has 0 bridgehead atoms. The van der Waals surface area contributed by atoms with Crippen LogP contribution in [0.3, 0.4) is 0 Å². The Balaban J connectivity index is 2.29. The number of rotatable bonds is 8. The first-order valence-electron chi connectivity index (χ1n) is 6.93. The van der Waals surface area contributed by atoms with Crippen molar-refractivity contribution in [3.05, 3.63) is 0 Å². The largest absolute Gasteiger partial charge is 0.352 e. The van der Waals surface area contributed by atoms with E-state index in [-0.39, 0.29) is 30.9 Å². The maximum atomic E-state index is 11.7. The molecule has 5 nitrogen and oxygen atoms in total. The van der Waals surface area contributed by atoms with Crippen LogP contribution in [-0.4, -0.2) is 30.9 Å². The summed E-state index contributed by atoms with van der Waals surface area (Å²) >= 11 is 0. The first-order chi connectivity index (χ1) is 8.67. The van der Waals surface area contributed by atoms with Crippen molar-refractivity contribution in [2.24, 2.45) is 11.7 Å². The fourth-order valence-corrected chi connectivity index (χ4v) is 2.20. The summed E-state index contributed by atoms with van der Waals surface area (Å²) in [6.45, 7) is 2.11. The predicted octanol–water partition coefficient (Wildman–Crippen LogP) is 0.536. The fourth-order valence-electron chi connectivity index (χ4n) is 2.20. The lowest BCUT2D eigenvalue weighted by Crippen LogP contribution is -2.47. The van der Waals surface area contributed by atoms with Crippen molar-refractivity contribution in [3.8, 4) is 0 Å². The molecule has 0 aliphatic heterocycles. The van der Waals surface area contributed by atoms with Crippen LogP contribution in [0.1, 0.15) is 45.4 Å². The van der Waals surface area contributed by atoms with Crippen molar-refractivity contribution >= 4 is 11.8 Å². The maximum Gasteiger partial charge on any atom is 0.239 e. The van der Waals surface area contributed by atoms with Crippen LogP contribution in [0.15, 0.2) is 0 Å². The monoisotopic (exact) mass is 255 g/mol. The van der Waals surface area contributed by atoms with E-state index in [0.717, 1.165) is 19.3 Å². The summed E-state index contributed by atoms with van der Waals surface area (Å²) in [5.41, 5.74) is 5.16. The van der Waals surface area contributed by atoms with Crippen LogP contribution in [0.4, 0.5) is 0 Å². The number of nitrogens with one attached hydrogen (secondary N) is 2. The second kappa shape index (κ2) is 8.08. The van der Waals surface area contributed by atoms with Crippen molar-refractivity contribution in [3.63, 3.8) is 0 Å². The second-order valence-electron chi connectivity index (χ2n) is 4.99. The van der Waals surface area contributed by atoms with Gasteiger partial charge in [0.1, 0.15) is 0 Å². The van der Waals surface area contributed by atoms with Gasteiger partial charge in [-0.3, -0.25) is 9.59 Å². The number of carbonyl (C=O) groups excluding carboxylic acids is 2. The molecule has 0 aromatic rings. The normalized spacial score (nSPS) is 16.8. The summed E-state index contributed by atoms with van der Waals surface area (Å²) in [6, 6.07) is 0.279. The molecule has 1 rings (SSSR count). The molecule has 0 saturated heterocycles. The van der Waals surface area contributed by atoms with Gasteiger partial charge in [0.15, 0.2) is 0 Å². The summed E-state index contributed by atoms with van der Waals surface area (Å²) in [7, 11) is 0. The van der Waals surface area contributed by atoms with Crippen LogP contribution in [0.25, 0.3) is 0 Å². The Bertz CT molecular complexity index is 277. The van der Waals surface area contributed by atoms with Crippen molar-refractivity contribution < 1.29 is 9.59 Å². The average molecular weight is 255 g/mol. The Hall–Kier alpha value is -1.10. The molecule has 18 heavy (non-hydrogen) atoms. The van der Waals surface area contributed by atoms with Gasteiger partial charge in [-0.1, -0.05) is 26.2 Å². The van der Waals surface area contributed by atoms with E-state index in [1.165, 1.54) is 19.3 Å². The standard InChI is InChI=1S/C13H25N3O2/c1-2-3-7-11(10-5-4-6-10)16-13(18)9-15-12(17)8-14/h10-11H,2-9,14H2,1H3,(H,15,17)(H,16,18). The fraction of sp³-hybridized carbons (Fsp3) is 0.846. The summed E-state index contributed by atoms with van der Waals surface area (Å²) in [6.07, 6.45) is 7.01. The molecule has 2 amide bonds. The first-order valence-corrected chi connectivity index (χ1v) is 6.93. The minimum atomic E-state index is -0.293. The van der Waals surface area contributed by atoms with Gasteiger partial charge < -0.3 is 16.4 Å². The third-order valence-corrected chi connectivity index (χ3v) is 3.57. The molecule has 5 heteroatoms. The Morgan fingerprint density at radius 3 is 2.56 bits per heavy atom. The minimum Gasteiger partial charge on any atom is -0.352 e. The SMILES string of the molecule is CCCCC(NC(=O)CNC(=O)CN)C1CCC1. The molecule has 0 spiro atoms. The molecule has 4 N–H and O–H groups in total. The second-order valence-corrected chi connectivity index (χ2v) is 4.99. The Morgan fingerprint density at radius 2 is 2.06 bits per heavy atom. The molecule has 0 radical (unpaired) electrons. The summed E-state index contributed by atoms with van der Waals surface area (Å²) in [5.74, 6) is 0.231. The third kappa shape index (κ3) is 5.04. The van der Waals surface area contributed by atoms with Crippen LogP contribution in [-0.2, 0) is 9.59 Å². The zero-order valence-corrected chi connectivity index (χ0v) is 11.2. The molecule has 1 unspecified atom stereocenters. The highest BCUT2D eigenvalue weighted by Crippen LogP contribution is 2.31. The van der Waals surface area contributed by atoms with Gasteiger partial charge in [-0.25, -0.2) is 0 Å². The van der Waals surface area contributed by atoms with Gasteiger partial charge >= 0.3 is 0 Å². The lowest BCUT2D eigenvalue weighted by molar-refractivity contribution is -0.126. The Morgan fingerprint density at radius 1 is 1.33 bits per heavy atom.